The van der Waals surface area contributed by atoms with Crippen LogP contribution in [0.15, 0.2) is 79.9 Å². The normalized spacial score (nSPS) is 10.4. The Balaban J connectivity index is 1.44. The van der Waals surface area contributed by atoms with E-state index in [9.17, 15) is 4.79 Å². The molecule has 4 rings (SSSR count). The van der Waals surface area contributed by atoms with Gasteiger partial charge in [0, 0.05) is 47.8 Å². The Morgan fingerprint density at radius 2 is 1.67 bits per heavy atom. The van der Waals surface area contributed by atoms with Crippen LogP contribution in [0.4, 0.5) is 17.2 Å². The lowest BCUT2D eigenvalue weighted by molar-refractivity contribution is 0.102. The lowest BCUT2D eigenvalue weighted by Gasteiger charge is -2.09. The summed E-state index contributed by atoms with van der Waals surface area (Å²) in [6.07, 6.45) is 9.83. The van der Waals surface area contributed by atoms with Crippen LogP contribution in [-0.4, -0.2) is 30.4 Å². The van der Waals surface area contributed by atoms with Crippen molar-refractivity contribution in [1.29, 1.82) is 0 Å². The number of hydrogen-bond donors (Lipinski definition) is 2. The highest BCUT2D eigenvalue weighted by molar-refractivity contribution is 6.04. The first kappa shape index (κ1) is 16.4. The Labute approximate surface area is 155 Å². The number of nitrogens with zero attached hydrogens (tertiary/aromatic N) is 5. The van der Waals surface area contributed by atoms with E-state index in [2.05, 4.69) is 30.6 Å². The molecule has 3 heterocycles. The van der Waals surface area contributed by atoms with Gasteiger partial charge in [-0.25, -0.2) is 15.0 Å². The van der Waals surface area contributed by atoms with Gasteiger partial charge in [0.1, 0.15) is 24.3 Å². The second-order valence-electron chi connectivity index (χ2n) is 5.62. The minimum atomic E-state index is -0.182. The van der Waals surface area contributed by atoms with Gasteiger partial charge in [-0.15, -0.1) is 0 Å². The molecular formula is C19H15N7O. The van der Waals surface area contributed by atoms with Gasteiger partial charge in [0.15, 0.2) is 0 Å². The van der Waals surface area contributed by atoms with Gasteiger partial charge in [0.25, 0.3) is 5.91 Å². The Kier molecular flexibility index (Phi) is 4.52. The van der Waals surface area contributed by atoms with E-state index >= 15 is 0 Å². The van der Waals surface area contributed by atoms with Crippen molar-refractivity contribution in [1.82, 2.24) is 24.5 Å². The molecule has 0 radical (unpaired) electrons. The van der Waals surface area contributed by atoms with Crippen molar-refractivity contribution in [3.8, 4) is 5.82 Å². The molecule has 2 N–H and O–H groups in total. The van der Waals surface area contributed by atoms with Gasteiger partial charge in [0.2, 0.25) is 0 Å². The maximum atomic E-state index is 12.2. The Morgan fingerprint density at radius 3 is 2.41 bits per heavy atom. The average molecular weight is 357 g/mol. The second-order valence-corrected chi connectivity index (χ2v) is 5.62. The minimum absolute atomic E-state index is 0.182. The lowest BCUT2D eigenvalue weighted by atomic mass is 10.2. The quantitative estimate of drug-likeness (QED) is 0.570. The molecule has 0 aliphatic heterocycles. The van der Waals surface area contributed by atoms with Gasteiger partial charge in [0.05, 0.1) is 0 Å². The fraction of sp³-hybridized carbons (Fsp3) is 0. The van der Waals surface area contributed by atoms with Crippen molar-refractivity contribution >= 4 is 23.1 Å². The molecule has 0 saturated heterocycles. The molecule has 0 saturated carbocycles. The number of rotatable bonds is 5. The molecule has 8 heteroatoms. The summed E-state index contributed by atoms with van der Waals surface area (Å²) in [5.41, 5.74) is 2.09. The highest BCUT2D eigenvalue weighted by Crippen LogP contribution is 2.19. The molecule has 0 bridgehead atoms. The lowest BCUT2D eigenvalue weighted by Crippen LogP contribution is -2.11. The van der Waals surface area contributed by atoms with Gasteiger partial charge < -0.3 is 10.6 Å². The smallest absolute Gasteiger partial charge is 0.255 e. The van der Waals surface area contributed by atoms with Crippen LogP contribution in [0.25, 0.3) is 5.82 Å². The molecule has 0 atom stereocenters. The third kappa shape index (κ3) is 3.96. The van der Waals surface area contributed by atoms with Crippen molar-refractivity contribution in [2.45, 2.75) is 0 Å². The van der Waals surface area contributed by atoms with Gasteiger partial charge in [-0.3, -0.25) is 14.3 Å². The van der Waals surface area contributed by atoms with Crippen LogP contribution in [0, 0.1) is 0 Å². The fourth-order valence-corrected chi connectivity index (χ4v) is 2.44. The number of amides is 1. The van der Waals surface area contributed by atoms with Crippen LogP contribution < -0.4 is 10.6 Å². The zero-order valence-electron chi connectivity index (χ0n) is 14.1. The van der Waals surface area contributed by atoms with E-state index in [0.717, 1.165) is 5.69 Å². The summed E-state index contributed by atoms with van der Waals surface area (Å²) < 4.78 is 1.80. The Hall–Kier alpha value is -4.07. The van der Waals surface area contributed by atoms with Crippen molar-refractivity contribution in [2.24, 2.45) is 0 Å². The molecule has 132 valence electrons. The van der Waals surface area contributed by atoms with Crippen molar-refractivity contribution in [3.63, 3.8) is 0 Å². The summed E-state index contributed by atoms with van der Waals surface area (Å²) in [6.45, 7) is 0. The number of anilines is 3. The first-order valence-corrected chi connectivity index (χ1v) is 8.17. The first-order chi connectivity index (χ1) is 13.3. The fourth-order valence-electron chi connectivity index (χ4n) is 2.44. The summed E-state index contributed by atoms with van der Waals surface area (Å²) in [6, 6.07) is 12.5. The zero-order chi connectivity index (χ0) is 18.5. The van der Waals surface area contributed by atoms with Gasteiger partial charge in [-0.2, -0.15) is 0 Å². The van der Waals surface area contributed by atoms with Crippen molar-refractivity contribution in [2.75, 3.05) is 10.6 Å². The summed E-state index contributed by atoms with van der Waals surface area (Å²) in [7, 11) is 0. The van der Waals surface area contributed by atoms with Gasteiger partial charge in [-0.1, -0.05) is 0 Å². The maximum absolute atomic E-state index is 12.2. The molecule has 0 aliphatic rings. The number of nitrogens with one attached hydrogen (secondary N) is 2. The largest absolute Gasteiger partial charge is 0.340 e. The zero-order valence-corrected chi connectivity index (χ0v) is 14.1. The third-order valence-corrected chi connectivity index (χ3v) is 3.78. The SMILES string of the molecule is O=C(Nc1ccc(Nc2cc(-n3ccnc3)ncn2)cc1)c1ccncc1. The van der Waals surface area contributed by atoms with Gasteiger partial charge in [-0.05, 0) is 36.4 Å². The number of carbonyl (C=O) groups is 1. The predicted molar refractivity (Wildman–Crippen MR) is 101 cm³/mol. The molecule has 3 aromatic heterocycles. The van der Waals surface area contributed by atoms with E-state index in [-0.39, 0.29) is 5.91 Å². The van der Waals surface area contributed by atoms with E-state index in [1.807, 2.05) is 36.5 Å². The van der Waals surface area contributed by atoms with Crippen LogP contribution >= 0.6 is 0 Å². The Bertz CT molecular complexity index is 1030. The highest BCUT2D eigenvalue weighted by atomic mass is 16.1. The van der Waals surface area contributed by atoms with Crippen LogP contribution in [0.3, 0.4) is 0 Å². The van der Waals surface area contributed by atoms with E-state index in [4.69, 9.17) is 0 Å². The number of hydrogen-bond acceptors (Lipinski definition) is 6. The van der Waals surface area contributed by atoms with E-state index in [1.54, 1.807) is 41.6 Å². The maximum Gasteiger partial charge on any atom is 0.255 e. The minimum Gasteiger partial charge on any atom is -0.340 e. The summed E-state index contributed by atoms with van der Waals surface area (Å²) in [4.78, 5) is 28.5. The number of carbonyl (C=O) groups excluding carboxylic acids is 1. The monoisotopic (exact) mass is 357 g/mol. The molecule has 8 nitrogen and oxygen atoms in total. The van der Waals surface area contributed by atoms with Crippen LogP contribution in [0.2, 0.25) is 0 Å². The van der Waals surface area contributed by atoms with Crippen LogP contribution in [0.5, 0.6) is 0 Å². The highest BCUT2D eigenvalue weighted by Gasteiger charge is 2.06. The van der Waals surface area contributed by atoms with E-state index in [0.29, 0.717) is 22.9 Å². The molecule has 27 heavy (non-hydrogen) atoms. The first-order valence-electron chi connectivity index (χ1n) is 8.17. The number of benzene rings is 1. The second kappa shape index (κ2) is 7.44. The van der Waals surface area contributed by atoms with Crippen LogP contribution in [-0.2, 0) is 0 Å². The summed E-state index contributed by atoms with van der Waals surface area (Å²) in [5, 5.41) is 6.06. The molecule has 0 unspecified atom stereocenters. The standard InChI is InChI=1S/C19H15N7O/c27-19(14-5-7-20-8-6-14)25-16-3-1-15(2-4-16)24-17-11-18(23-12-22-17)26-10-9-21-13-26/h1-13H,(H,25,27)(H,22,23,24). The number of pyridine rings is 1. The number of aromatic nitrogens is 5. The van der Waals surface area contributed by atoms with Crippen molar-refractivity contribution < 1.29 is 4.79 Å². The number of imidazole rings is 1. The molecule has 0 spiro atoms. The molecule has 1 amide bonds. The summed E-state index contributed by atoms with van der Waals surface area (Å²) in [5.74, 6) is 1.19. The van der Waals surface area contributed by atoms with Crippen LogP contribution in [0.1, 0.15) is 10.4 Å². The third-order valence-electron chi connectivity index (χ3n) is 3.78. The average Bonchev–Trinajstić information content (AvgIpc) is 3.25. The topological polar surface area (TPSA) is 97.6 Å². The Morgan fingerprint density at radius 1 is 0.889 bits per heavy atom. The molecule has 0 aliphatic carbocycles. The molecular weight excluding hydrogens is 342 g/mol. The van der Waals surface area contributed by atoms with E-state index in [1.165, 1.54) is 6.33 Å². The summed E-state index contributed by atoms with van der Waals surface area (Å²) >= 11 is 0. The predicted octanol–water partition coefficient (Wildman–Crippen LogP) is 3.05. The van der Waals surface area contributed by atoms with E-state index < -0.39 is 0 Å². The van der Waals surface area contributed by atoms with Gasteiger partial charge >= 0.3 is 0 Å². The molecule has 1 aromatic carbocycles. The molecule has 4 aromatic rings. The van der Waals surface area contributed by atoms with Crippen molar-refractivity contribution in [3.05, 3.63) is 85.5 Å². The molecule has 0 fully saturated rings.